The Morgan fingerprint density at radius 1 is 0.965 bits per heavy atom. The molecule has 1 aliphatic heterocycles. The molecule has 1 fully saturated rings. The first-order valence-corrected chi connectivity index (χ1v) is 22.2. The molecule has 2 aromatic rings. The van der Waals surface area contributed by atoms with E-state index in [0.29, 0.717) is 42.2 Å². The standard InChI is InChI=1S/C43H67N6O7P/c1-4-5-6-7-8-9-10-11-12-13-14-15-16-17-18-19-26-51-29-37(55-36-21-20-35(28-44)41(27-36)54-34(2)3)30-52-57(50)53-32-43(31-45)25-24-40(56-43)38-22-23-39(49-38)42(47)48-33-46/h20-23,27,33-34,37,40,49-50H,4-19,24-26,29-30,32H2,1-3H3,(H3,46,47,48). The van der Waals surface area contributed by atoms with Crippen LogP contribution in [0, 0.1) is 28.1 Å². The average Bonchev–Trinajstić information content (AvgIpc) is 3.87. The summed E-state index contributed by atoms with van der Waals surface area (Å²) < 4.78 is 35.6. The van der Waals surface area contributed by atoms with Gasteiger partial charge in [0, 0.05) is 18.4 Å². The van der Waals surface area contributed by atoms with E-state index in [-0.39, 0.29) is 31.8 Å². The quantitative estimate of drug-likeness (QED) is 0.0238. The minimum absolute atomic E-state index is 0.0471. The summed E-state index contributed by atoms with van der Waals surface area (Å²) >= 11 is 0. The van der Waals surface area contributed by atoms with E-state index in [1.807, 2.05) is 13.8 Å². The largest absolute Gasteiger partial charge is 0.489 e. The maximum atomic E-state index is 10.7. The van der Waals surface area contributed by atoms with Crippen LogP contribution in [-0.4, -0.2) is 66.3 Å². The third kappa shape index (κ3) is 18.7. The predicted molar refractivity (Wildman–Crippen MR) is 224 cm³/mol. The van der Waals surface area contributed by atoms with E-state index in [1.165, 1.54) is 89.9 Å². The zero-order valence-electron chi connectivity index (χ0n) is 34.5. The SMILES string of the molecule is CCCCCCCCCCCCCCCCCCOCC(COP(O)OCC1(C#N)CCC(c2ccc(C(N)=NC=N)[nH]2)O1)Oc1ccc(C#N)c(OC(C)C)c1. The lowest BCUT2D eigenvalue weighted by Gasteiger charge is -2.24. The smallest absolute Gasteiger partial charge is 0.330 e. The molecule has 4 atom stereocenters. The number of unbranched alkanes of at least 4 members (excludes halogenated alkanes) is 15. The molecule has 1 saturated heterocycles. The first-order valence-electron chi connectivity index (χ1n) is 21.0. The van der Waals surface area contributed by atoms with Crippen molar-refractivity contribution in [3.63, 3.8) is 0 Å². The van der Waals surface area contributed by atoms with Crippen LogP contribution >= 0.6 is 8.60 Å². The highest BCUT2D eigenvalue weighted by molar-refractivity contribution is 7.40. The van der Waals surface area contributed by atoms with Gasteiger partial charge >= 0.3 is 8.60 Å². The van der Waals surface area contributed by atoms with Crippen molar-refractivity contribution in [1.29, 1.82) is 15.9 Å². The number of nitrogens with two attached hydrogens (primary N) is 1. The Morgan fingerprint density at radius 3 is 2.21 bits per heavy atom. The topological polar surface area (TPSA) is 201 Å². The van der Waals surface area contributed by atoms with Crippen LogP contribution in [0.3, 0.4) is 0 Å². The van der Waals surface area contributed by atoms with Gasteiger partial charge in [-0.15, -0.1) is 0 Å². The van der Waals surface area contributed by atoms with Crippen LogP contribution in [-0.2, 0) is 18.5 Å². The fourth-order valence-electron chi connectivity index (χ4n) is 6.72. The molecule has 0 amide bonds. The monoisotopic (exact) mass is 810 g/mol. The molecule has 3 rings (SSSR count). The molecule has 1 aliphatic rings. The molecule has 0 saturated carbocycles. The summed E-state index contributed by atoms with van der Waals surface area (Å²) in [6.45, 7) is 6.59. The Kier molecular flexibility index (Phi) is 23.5. The molecule has 13 nitrogen and oxygen atoms in total. The van der Waals surface area contributed by atoms with E-state index in [1.54, 1.807) is 30.3 Å². The molecule has 4 unspecified atom stereocenters. The number of nitriles is 2. The first-order chi connectivity index (χ1) is 27.7. The molecule has 1 aromatic heterocycles. The maximum Gasteiger partial charge on any atom is 0.330 e. The Morgan fingerprint density at radius 2 is 1.61 bits per heavy atom. The predicted octanol–water partition coefficient (Wildman–Crippen LogP) is 10.1. The molecule has 0 aliphatic carbocycles. The van der Waals surface area contributed by atoms with Gasteiger partial charge in [-0.1, -0.05) is 103 Å². The van der Waals surface area contributed by atoms with E-state index < -0.39 is 26.4 Å². The second-order valence-corrected chi connectivity index (χ2v) is 16.1. The summed E-state index contributed by atoms with van der Waals surface area (Å²) in [6.07, 6.45) is 21.5. The second-order valence-electron chi connectivity index (χ2n) is 15.1. The lowest BCUT2D eigenvalue weighted by atomic mass is 10.0. The number of nitrogens with zero attached hydrogens (tertiary/aromatic N) is 3. The van der Waals surface area contributed by atoms with Gasteiger partial charge in [0.2, 0.25) is 0 Å². The minimum atomic E-state index is -2.38. The van der Waals surface area contributed by atoms with Gasteiger partial charge in [0.25, 0.3) is 0 Å². The molecule has 5 N–H and O–H groups in total. The number of nitrogens with one attached hydrogen (secondary N) is 2. The molecule has 1 aromatic carbocycles. The Labute approximate surface area is 342 Å². The number of rotatable bonds is 32. The van der Waals surface area contributed by atoms with E-state index in [9.17, 15) is 15.4 Å². The first kappa shape index (κ1) is 47.8. The number of ether oxygens (including phenoxy) is 4. The highest BCUT2D eigenvalue weighted by Crippen LogP contribution is 2.42. The molecule has 57 heavy (non-hydrogen) atoms. The summed E-state index contributed by atoms with van der Waals surface area (Å²) in [5.41, 5.74) is 6.26. The molecule has 2 heterocycles. The number of H-pyrrole nitrogens is 1. The molecular weight excluding hydrogens is 743 g/mol. The highest BCUT2D eigenvalue weighted by atomic mass is 31.2. The fourth-order valence-corrected chi connectivity index (χ4v) is 7.41. The Balaban J connectivity index is 1.41. The zero-order valence-corrected chi connectivity index (χ0v) is 35.4. The molecule has 14 heteroatoms. The number of benzene rings is 1. The lowest BCUT2D eigenvalue weighted by Crippen LogP contribution is -2.32. The Bertz CT molecular complexity index is 1540. The van der Waals surface area contributed by atoms with Gasteiger partial charge in [-0.05, 0) is 57.4 Å². The zero-order chi connectivity index (χ0) is 41.1. The highest BCUT2D eigenvalue weighted by Gasteiger charge is 2.43. The molecule has 0 spiro atoms. The van der Waals surface area contributed by atoms with Crippen molar-refractivity contribution in [2.45, 2.75) is 160 Å². The summed E-state index contributed by atoms with van der Waals surface area (Å²) in [7, 11) is -2.38. The van der Waals surface area contributed by atoms with Gasteiger partial charge in [0.05, 0.1) is 43.3 Å². The fraction of sp³-hybridized carbons (Fsp3) is 0.674. The third-order valence-electron chi connectivity index (χ3n) is 9.88. The van der Waals surface area contributed by atoms with Crippen LogP contribution in [0.1, 0.15) is 159 Å². The van der Waals surface area contributed by atoms with Crippen LogP contribution in [0.2, 0.25) is 0 Å². The van der Waals surface area contributed by atoms with Crippen LogP contribution < -0.4 is 15.2 Å². The van der Waals surface area contributed by atoms with Crippen molar-refractivity contribution in [3.8, 4) is 23.6 Å². The van der Waals surface area contributed by atoms with Gasteiger partial charge in [0.1, 0.15) is 41.9 Å². The third-order valence-corrected chi connectivity index (χ3v) is 10.6. The van der Waals surface area contributed by atoms with Crippen LogP contribution in [0.15, 0.2) is 35.3 Å². The molecule has 0 radical (unpaired) electrons. The number of aromatic amines is 1. The van der Waals surface area contributed by atoms with Crippen molar-refractivity contribution < 1.29 is 32.9 Å². The number of amidine groups is 1. The van der Waals surface area contributed by atoms with Crippen molar-refractivity contribution >= 4 is 20.8 Å². The summed E-state index contributed by atoms with van der Waals surface area (Å²) in [4.78, 5) is 17.6. The van der Waals surface area contributed by atoms with E-state index in [0.717, 1.165) is 24.9 Å². The van der Waals surface area contributed by atoms with E-state index in [2.05, 4.69) is 29.0 Å². The van der Waals surface area contributed by atoms with Crippen LogP contribution in [0.5, 0.6) is 11.5 Å². The van der Waals surface area contributed by atoms with Gasteiger partial charge < -0.3 is 43.6 Å². The van der Waals surface area contributed by atoms with Gasteiger partial charge in [-0.2, -0.15) is 10.5 Å². The number of aromatic nitrogens is 1. The van der Waals surface area contributed by atoms with Crippen LogP contribution in [0.25, 0.3) is 0 Å². The lowest BCUT2D eigenvalue weighted by molar-refractivity contribution is -0.0371. The molecular formula is C43H67N6O7P. The van der Waals surface area contributed by atoms with Crippen molar-refractivity contribution in [2.24, 2.45) is 10.7 Å². The second kappa shape index (κ2) is 28.0. The number of hydrogen-bond donors (Lipinski definition) is 4. The minimum Gasteiger partial charge on any atom is -0.489 e. The van der Waals surface area contributed by atoms with Crippen molar-refractivity contribution in [2.75, 3.05) is 26.4 Å². The van der Waals surface area contributed by atoms with Gasteiger partial charge in [-0.25, -0.2) is 4.99 Å². The van der Waals surface area contributed by atoms with Gasteiger partial charge in [-0.3, -0.25) is 5.41 Å². The van der Waals surface area contributed by atoms with Crippen molar-refractivity contribution in [1.82, 2.24) is 4.98 Å². The summed E-state index contributed by atoms with van der Waals surface area (Å²) in [6, 6.07) is 12.9. The maximum absolute atomic E-state index is 10.7. The average molecular weight is 811 g/mol. The van der Waals surface area contributed by atoms with Crippen molar-refractivity contribution in [3.05, 3.63) is 47.3 Å². The number of aliphatic imine (C=N–C) groups is 1. The van der Waals surface area contributed by atoms with Crippen LogP contribution in [0.4, 0.5) is 0 Å². The Hall–Kier alpha value is -3.55. The van der Waals surface area contributed by atoms with Gasteiger partial charge in [0.15, 0.2) is 5.60 Å². The summed E-state index contributed by atoms with van der Waals surface area (Å²) in [5, 5.41) is 26.7. The molecule has 0 bridgehead atoms. The van der Waals surface area contributed by atoms with E-state index >= 15 is 0 Å². The normalized spacial score (nSPS) is 17.9. The molecule has 316 valence electrons. The summed E-state index contributed by atoms with van der Waals surface area (Å²) in [5.74, 6) is 1.06. The van der Waals surface area contributed by atoms with E-state index in [4.69, 9.17) is 39.1 Å². The number of hydrogen-bond acceptors (Lipinski definition) is 10.